The molecule has 0 saturated carbocycles. The molecule has 0 amide bonds. The zero-order chi connectivity index (χ0) is 10.5. The minimum Gasteiger partial charge on any atom is -0.378 e. The summed E-state index contributed by atoms with van der Waals surface area (Å²) in [6.07, 6.45) is 5.81. The van der Waals surface area contributed by atoms with Gasteiger partial charge in [0.2, 0.25) is 0 Å². The Morgan fingerprint density at radius 2 is 2.27 bits per heavy atom. The van der Waals surface area contributed by atoms with E-state index in [9.17, 15) is 4.39 Å². The average molecular weight is 215 g/mol. The third kappa shape index (κ3) is 3.42. The molecule has 3 heteroatoms. The van der Waals surface area contributed by atoms with E-state index in [1.165, 1.54) is 0 Å². The van der Waals surface area contributed by atoms with Gasteiger partial charge in [-0.05, 0) is 45.1 Å². The summed E-state index contributed by atoms with van der Waals surface area (Å²) in [5.74, 6) is 0.250. The number of alkyl halides is 1. The summed E-state index contributed by atoms with van der Waals surface area (Å²) in [4.78, 5) is 0. The van der Waals surface area contributed by atoms with Gasteiger partial charge in [0, 0.05) is 19.1 Å². The van der Waals surface area contributed by atoms with Gasteiger partial charge in [0.25, 0.3) is 0 Å². The van der Waals surface area contributed by atoms with Gasteiger partial charge in [-0.1, -0.05) is 0 Å². The van der Waals surface area contributed by atoms with Crippen LogP contribution in [0.15, 0.2) is 0 Å². The van der Waals surface area contributed by atoms with E-state index in [-0.39, 0.29) is 5.92 Å². The monoisotopic (exact) mass is 215 g/mol. The van der Waals surface area contributed by atoms with E-state index in [0.717, 1.165) is 51.8 Å². The van der Waals surface area contributed by atoms with Crippen LogP contribution in [0.25, 0.3) is 0 Å². The molecule has 3 atom stereocenters. The Kier molecular flexibility index (Phi) is 4.39. The largest absolute Gasteiger partial charge is 0.378 e. The fourth-order valence-corrected chi connectivity index (χ4v) is 2.64. The fraction of sp³-hybridized carbons (Fsp3) is 1.00. The van der Waals surface area contributed by atoms with E-state index in [1.807, 2.05) is 0 Å². The van der Waals surface area contributed by atoms with Crippen LogP contribution in [0.3, 0.4) is 0 Å². The van der Waals surface area contributed by atoms with Crippen LogP contribution in [0.5, 0.6) is 0 Å². The van der Waals surface area contributed by atoms with Crippen molar-refractivity contribution in [3.05, 3.63) is 0 Å². The first-order chi connectivity index (χ1) is 7.36. The Bertz CT molecular complexity index is 176. The highest BCUT2D eigenvalue weighted by Crippen LogP contribution is 2.24. The molecule has 2 saturated heterocycles. The van der Waals surface area contributed by atoms with Crippen LogP contribution in [0.4, 0.5) is 4.39 Å². The molecule has 1 N–H and O–H groups in total. The highest BCUT2D eigenvalue weighted by atomic mass is 19.1. The summed E-state index contributed by atoms with van der Waals surface area (Å²) in [7, 11) is 0. The van der Waals surface area contributed by atoms with Gasteiger partial charge in [0.1, 0.15) is 6.17 Å². The number of piperidine rings is 1. The Labute approximate surface area is 91.6 Å². The summed E-state index contributed by atoms with van der Waals surface area (Å²) < 4.78 is 19.4. The molecule has 0 radical (unpaired) electrons. The molecule has 2 heterocycles. The predicted octanol–water partition coefficient (Wildman–Crippen LogP) is 2.28. The van der Waals surface area contributed by atoms with Crippen LogP contribution in [0.1, 0.15) is 38.5 Å². The topological polar surface area (TPSA) is 21.3 Å². The van der Waals surface area contributed by atoms with Gasteiger partial charge < -0.3 is 10.1 Å². The van der Waals surface area contributed by atoms with Crippen molar-refractivity contribution in [1.29, 1.82) is 0 Å². The fourth-order valence-electron chi connectivity index (χ4n) is 2.64. The maximum absolute atomic E-state index is 13.8. The lowest BCUT2D eigenvalue weighted by atomic mass is 9.91. The van der Waals surface area contributed by atoms with Gasteiger partial charge in [-0.3, -0.25) is 0 Å². The third-order valence-corrected chi connectivity index (χ3v) is 3.63. The van der Waals surface area contributed by atoms with Gasteiger partial charge in [-0.15, -0.1) is 0 Å². The first-order valence-corrected chi connectivity index (χ1v) is 6.32. The molecule has 0 aromatic rings. The zero-order valence-corrected chi connectivity index (χ0v) is 9.38. The standard InChI is InChI=1S/C12H22FNO/c13-12(10-3-1-7-14-9-10)6-5-11-4-2-8-15-11/h10-12,14H,1-9H2. The molecular formula is C12H22FNO. The third-order valence-electron chi connectivity index (χ3n) is 3.63. The number of rotatable bonds is 4. The van der Waals surface area contributed by atoms with E-state index in [0.29, 0.717) is 12.5 Å². The number of ether oxygens (including phenoxy) is 1. The van der Waals surface area contributed by atoms with Crippen molar-refractivity contribution in [2.75, 3.05) is 19.7 Å². The number of halogens is 1. The van der Waals surface area contributed by atoms with E-state index >= 15 is 0 Å². The lowest BCUT2D eigenvalue weighted by Crippen LogP contribution is -2.35. The number of nitrogens with one attached hydrogen (secondary N) is 1. The second-order valence-electron chi connectivity index (χ2n) is 4.83. The van der Waals surface area contributed by atoms with Crippen molar-refractivity contribution in [3.8, 4) is 0 Å². The Hall–Kier alpha value is -0.150. The quantitative estimate of drug-likeness (QED) is 0.777. The molecule has 88 valence electrons. The first kappa shape index (κ1) is 11.3. The van der Waals surface area contributed by atoms with Crippen molar-refractivity contribution in [2.45, 2.75) is 50.8 Å². The summed E-state index contributed by atoms with van der Waals surface area (Å²) in [5, 5.41) is 3.27. The smallest absolute Gasteiger partial charge is 0.104 e. The average Bonchev–Trinajstić information content (AvgIpc) is 2.80. The predicted molar refractivity (Wildman–Crippen MR) is 58.7 cm³/mol. The van der Waals surface area contributed by atoms with Crippen LogP contribution in [0, 0.1) is 5.92 Å². The molecule has 0 aromatic carbocycles. The second-order valence-corrected chi connectivity index (χ2v) is 4.83. The molecule has 2 nitrogen and oxygen atoms in total. The Morgan fingerprint density at radius 1 is 1.33 bits per heavy atom. The SMILES string of the molecule is FC(CCC1CCCO1)C1CCCNC1. The molecule has 3 unspecified atom stereocenters. The maximum atomic E-state index is 13.8. The first-order valence-electron chi connectivity index (χ1n) is 6.32. The van der Waals surface area contributed by atoms with Crippen molar-refractivity contribution < 1.29 is 9.13 Å². The summed E-state index contributed by atoms with van der Waals surface area (Å²) in [6, 6.07) is 0. The van der Waals surface area contributed by atoms with E-state index in [4.69, 9.17) is 4.74 Å². The normalized spacial score (nSPS) is 34.2. The molecule has 0 bridgehead atoms. The molecular weight excluding hydrogens is 193 g/mol. The van der Waals surface area contributed by atoms with Gasteiger partial charge in [-0.2, -0.15) is 0 Å². The Morgan fingerprint density at radius 3 is 2.93 bits per heavy atom. The highest BCUT2D eigenvalue weighted by molar-refractivity contribution is 4.77. The summed E-state index contributed by atoms with van der Waals surface area (Å²) in [5.41, 5.74) is 0. The van der Waals surface area contributed by atoms with Crippen LogP contribution < -0.4 is 5.32 Å². The van der Waals surface area contributed by atoms with Gasteiger partial charge in [0.05, 0.1) is 6.10 Å². The molecule has 0 spiro atoms. The number of hydrogen-bond donors (Lipinski definition) is 1. The van der Waals surface area contributed by atoms with Crippen LogP contribution in [0.2, 0.25) is 0 Å². The van der Waals surface area contributed by atoms with Crippen molar-refractivity contribution in [2.24, 2.45) is 5.92 Å². The minimum atomic E-state index is -0.623. The molecule has 2 fully saturated rings. The van der Waals surface area contributed by atoms with E-state index < -0.39 is 6.17 Å². The van der Waals surface area contributed by atoms with Crippen molar-refractivity contribution >= 4 is 0 Å². The van der Waals surface area contributed by atoms with E-state index in [1.54, 1.807) is 0 Å². The molecule has 0 aromatic heterocycles. The Balaban J connectivity index is 1.64. The molecule has 2 rings (SSSR count). The van der Waals surface area contributed by atoms with Gasteiger partial charge in [0.15, 0.2) is 0 Å². The van der Waals surface area contributed by atoms with Crippen molar-refractivity contribution in [1.82, 2.24) is 5.32 Å². The highest BCUT2D eigenvalue weighted by Gasteiger charge is 2.25. The summed E-state index contributed by atoms with van der Waals surface area (Å²) >= 11 is 0. The van der Waals surface area contributed by atoms with Crippen LogP contribution in [-0.2, 0) is 4.74 Å². The zero-order valence-electron chi connectivity index (χ0n) is 9.38. The lowest BCUT2D eigenvalue weighted by molar-refractivity contribution is 0.0857. The number of hydrogen-bond acceptors (Lipinski definition) is 2. The lowest BCUT2D eigenvalue weighted by Gasteiger charge is -2.26. The molecule has 15 heavy (non-hydrogen) atoms. The van der Waals surface area contributed by atoms with Crippen LogP contribution in [-0.4, -0.2) is 32.0 Å². The van der Waals surface area contributed by atoms with Crippen LogP contribution >= 0.6 is 0 Å². The minimum absolute atomic E-state index is 0.250. The maximum Gasteiger partial charge on any atom is 0.104 e. The molecule has 0 aliphatic carbocycles. The van der Waals surface area contributed by atoms with Gasteiger partial charge in [-0.25, -0.2) is 4.39 Å². The van der Waals surface area contributed by atoms with E-state index in [2.05, 4.69) is 5.32 Å². The van der Waals surface area contributed by atoms with Gasteiger partial charge >= 0.3 is 0 Å². The van der Waals surface area contributed by atoms with Crippen molar-refractivity contribution in [3.63, 3.8) is 0 Å². The molecule has 2 aliphatic heterocycles. The summed E-state index contributed by atoms with van der Waals surface area (Å²) in [6.45, 7) is 2.81. The molecule has 2 aliphatic rings. The second kappa shape index (κ2) is 5.80.